The minimum Gasteiger partial charge on any atom is -0.314 e. The molecular formula is C18H34N2. The second kappa shape index (κ2) is 7.26. The summed E-state index contributed by atoms with van der Waals surface area (Å²) in [6, 6.07) is 1.75. The second-order valence-corrected chi connectivity index (χ2v) is 7.46. The van der Waals surface area contributed by atoms with Crippen LogP contribution in [0.2, 0.25) is 0 Å². The van der Waals surface area contributed by atoms with Crippen LogP contribution in [0.3, 0.4) is 0 Å². The molecule has 2 saturated carbocycles. The van der Waals surface area contributed by atoms with E-state index in [-0.39, 0.29) is 0 Å². The molecule has 4 unspecified atom stereocenters. The van der Waals surface area contributed by atoms with Crippen molar-refractivity contribution in [2.45, 2.75) is 83.2 Å². The van der Waals surface area contributed by atoms with Gasteiger partial charge in [0.2, 0.25) is 0 Å². The molecule has 3 fully saturated rings. The van der Waals surface area contributed by atoms with Gasteiger partial charge in [-0.1, -0.05) is 39.0 Å². The highest BCUT2D eigenvalue weighted by atomic mass is 15.2. The molecule has 0 aromatic heterocycles. The van der Waals surface area contributed by atoms with Gasteiger partial charge in [0.1, 0.15) is 0 Å². The van der Waals surface area contributed by atoms with Gasteiger partial charge in [0.05, 0.1) is 0 Å². The molecule has 2 aliphatic carbocycles. The fraction of sp³-hybridized carbons (Fsp3) is 1.00. The minimum atomic E-state index is 0.796. The van der Waals surface area contributed by atoms with E-state index in [1.807, 2.05) is 0 Å². The first-order valence-corrected chi connectivity index (χ1v) is 9.36. The summed E-state index contributed by atoms with van der Waals surface area (Å²) in [5, 5.41) is 3.79. The summed E-state index contributed by atoms with van der Waals surface area (Å²) in [5.74, 6) is 1.96. The van der Waals surface area contributed by atoms with Gasteiger partial charge in [-0.05, 0) is 57.0 Å². The van der Waals surface area contributed by atoms with Gasteiger partial charge >= 0.3 is 0 Å². The van der Waals surface area contributed by atoms with E-state index >= 15 is 0 Å². The normalized spacial score (nSPS) is 39.5. The molecule has 3 aliphatic rings. The van der Waals surface area contributed by atoms with Crippen LogP contribution in [-0.4, -0.2) is 36.6 Å². The largest absolute Gasteiger partial charge is 0.314 e. The zero-order valence-corrected chi connectivity index (χ0v) is 13.4. The van der Waals surface area contributed by atoms with E-state index in [1.54, 1.807) is 0 Å². The van der Waals surface area contributed by atoms with Crippen molar-refractivity contribution < 1.29 is 0 Å². The predicted octanol–water partition coefficient (Wildman–Crippen LogP) is 3.81. The van der Waals surface area contributed by atoms with Crippen LogP contribution in [-0.2, 0) is 0 Å². The molecule has 0 aromatic rings. The number of nitrogens with one attached hydrogen (secondary N) is 1. The molecule has 0 aromatic carbocycles. The molecule has 1 heterocycles. The average molecular weight is 278 g/mol. The summed E-state index contributed by atoms with van der Waals surface area (Å²) >= 11 is 0. The number of rotatable bonds is 4. The molecule has 116 valence electrons. The van der Waals surface area contributed by atoms with E-state index in [1.165, 1.54) is 77.3 Å². The van der Waals surface area contributed by atoms with Crippen LogP contribution < -0.4 is 5.32 Å². The molecule has 1 saturated heterocycles. The topological polar surface area (TPSA) is 15.3 Å². The smallest absolute Gasteiger partial charge is 0.0124 e. The van der Waals surface area contributed by atoms with E-state index in [2.05, 4.69) is 17.1 Å². The SMILES string of the molecule is CCNC1CCCCCC1CN1CCC2CCCCC21. The molecule has 2 heteroatoms. The van der Waals surface area contributed by atoms with Crippen molar-refractivity contribution in [2.24, 2.45) is 11.8 Å². The summed E-state index contributed by atoms with van der Waals surface area (Å²) < 4.78 is 0. The fourth-order valence-electron chi connectivity index (χ4n) is 5.16. The van der Waals surface area contributed by atoms with Gasteiger partial charge in [0, 0.05) is 18.6 Å². The van der Waals surface area contributed by atoms with Crippen molar-refractivity contribution in [3.63, 3.8) is 0 Å². The van der Waals surface area contributed by atoms with E-state index < -0.39 is 0 Å². The average Bonchev–Trinajstić information content (AvgIpc) is 2.75. The Hall–Kier alpha value is -0.0800. The van der Waals surface area contributed by atoms with Crippen LogP contribution in [0.5, 0.6) is 0 Å². The van der Waals surface area contributed by atoms with Crippen molar-refractivity contribution >= 4 is 0 Å². The van der Waals surface area contributed by atoms with Crippen LogP contribution in [0, 0.1) is 11.8 Å². The molecule has 0 spiro atoms. The fourth-order valence-corrected chi connectivity index (χ4v) is 5.16. The zero-order valence-electron chi connectivity index (χ0n) is 13.4. The lowest BCUT2D eigenvalue weighted by Gasteiger charge is -2.36. The van der Waals surface area contributed by atoms with Crippen molar-refractivity contribution in [1.82, 2.24) is 10.2 Å². The molecule has 4 atom stereocenters. The standard InChI is InChI=1S/C18H34N2/c1-2-19-17-10-5-3-4-9-16(17)14-20-13-12-15-8-6-7-11-18(15)20/h15-19H,2-14H2,1H3. The van der Waals surface area contributed by atoms with E-state index in [0.29, 0.717) is 0 Å². The van der Waals surface area contributed by atoms with Gasteiger partial charge in [0.15, 0.2) is 0 Å². The van der Waals surface area contributed by atoms with E-state index in [4.69, 9.17) is 0 Å². The Kier molecular flexibility index (Phi) is 5.39. The Morgan fingerprint density at radius 2 is 1.70 bits per heavy atom. The first-order valence-electron chi connectivity index (χ1n) is 9.36. The number of hydrogen-bond acceptors (Lipinski definition) is 2. The highest BCUT2D eigenvalue weighted by Crippen LogP contribution is 2.37. The molecule has 0 amide bonds. The van der Waals surface area contributed by atoms with Crippen LogP contribution in [0.4, 0.5) is 0 Å². The first kappa shape index (κ1) is 14.8. The van der Waals surface area contributed by atoms with Gasteiger partial charge in [-0.15, -0.1) is 0 Å². The van der Waals surface area contributed by atoms with Crippen molar-refractivity contribution in [1.29, 1.82) is 0 Å². The molecule has 3 rings (SSSR count). The maximum atomic E-state index is 3.79. The maximum Gasteiger partial charge on any atom is 0.0124 e. The van der Waals surface area contributed by atoms with E-state index in [9.17, 15) is 0 Å². The number of nitrogens with zero attached hydrogens (tertiary/aromatic N) is 1. The summed E-state index contributed by atoms with van der Waals surface area (Å²) in [5.41, 5.74) is 0. The van der Waals surface area contributed by atoms with Gasteiger partial charge in [-0.2, -0.15) is 0 Å². The number of fused-ring (bicyclic) bond motifs is 1. The van der Waals surface area contributed by atoms with Crippen LogP contribution in [0.1, 0.15) is 71.1 Å². The van der Waals surface area contributed by atoms with Gasteiger partial charge < -0.3 is 5.32 Å². The molecule has 1 N–H and O–H groups in total. The monoisotopic (exact) mass is 278 g/mol. The molecular weight excluding hydrogens is 244 g/mol. The van der Waals surface area contributed by atoms with Crippen molar-refractivity contribution in [2.75, 3.05) is 19.6 Å². The summed E-state index contributed by atoms with van der Waals surface area (Å²) in [6.07, 6.45) is 14.7. The van der Waals surface area contributed by atoms with Gasteiger partial charge in [-0.3, -0.25) is 4.90 Å². The molecule has 0 bridgehead atoms. The van der Waals surface area contributed by atoms with Crippen LogP contribution >= 0.6 is 0 Å². The molecule has 20 heavy (non-hydrogen) atoms. The third-order valence-corrected chi connectivity index (χ3v) is 6.22. The second-order valence-electron chi connectivity index (χ2n) is 7.46. The molecule has 0 radical (unpaired) electrons. The van der Waals surface area contributed by atoms with Gasteiger partial charge in [0.25, 0.3) is 0 Å². The van der Waals surface area contributed by atoms with Crippen molar-refractivity contribution in [3.8, 4) is 0 Å². The first-order chi connectivity index (χ1) is 9.88. The summed E-state index contributed by atoms with van der Waals surface area (Å²) in [4.78, 5) is 2.89. The third-order valence-electron chi connectivity index (χ3n) is 6.22. The maximum absolute atomic E-state index is 3.79. The van der Waals surface area contributed by atoms with E-state index in [0.717, 1.165) is 30.5 Å². The lowest BCUT2D eigenvalue weighted by Crippen LogP contribution is -2.44. The molecule has 2 nitrogen and oxygen atoms in total. The van der Waals surface area contributed by atoms with Crippen LogP contribution in [0.25, 0.3) is 0 Å². The minimum absolute atomic E-state index is 0.796. The predicted molar refractivity (Wildman–Crippen MR) is 86.0 cm³/mol. The summed E-state index contributed by atoms with van der Waals surface area (Å²) in [6.45, 7) is 6.20. The van der Waals surface area contributed by atoms with Gasteiger partial charge in [-0.25, -0.2) is 0 Å². The zero-order chi connectivity index (χ0) is 13.8. The lowest BCUT2D eigenvalue weighted by molar-refractivity contribution is 0.142. The number of hydrogen-bond donors (Lipinski definition) is 1. The highest BCUT2D eigenvalue weighted by Gasteiger charge is 2.37. The summed E-state index contributed by atoms with van der Waals surface area (Å²) in [7, 11) is 0. The Balaban J connectivity index is 1.59. The van der Waals surface area contributed by atoms with Crippen molar-refractivity contribution in [3.05, 3.63) is 0 Å². The quantitative estimate of drug-likeness (QED) is 0.787. The number of likely N-dealkylation sites (tertiary alicyclic amines) is 1. The molecule has 1 aliphatic heterocycles. The Morgan fingerprint density at radius 1 is 0.900 bits per heavy atom. The Bertz CT molecular complexity index is 291. The lowest BCUT2D eigenvalue weighted by atomic mass is 9.84. The highest BCUT2D eigenvalue weighted by molar-refractivity contribution is 4.92. The van der Waals surface area contributed by atoms with Crippen LogP contribution in [0.15, 0.2) is 0 Å². The Labute approximate surface area is 125 Å². The third kappa shape index (κ3) is 3.39. The Morgan fingerprint density at radius 3 is 2.60 bits per heavy atom.